The van der Waals surface area contributed by atoms with E-state index in [1.807, 2.05) is 0 Å². The molecule has 40 heavy (non-hydrogen) atoms. The molecule has 2 rings (SSSR count). The number of para-hydroxylation sites is 1. The van der Waals surface area contributed by atoms with Crippen molar-refractivity contribution < 1.29 is 59.6 Å². The number of ether oxygens (including phenoxy) is 3. The van der Waals surface area contributed by atoms with E-state index in [1.54, 1.807) is 37.3 Å². The van der Waals surface area contributed by atoms with Crippen molar-refractivity contribution in [3.63, 3.8) is 0 Å². The first kappa shape index (κ1) is 32.6. The van der Waals surface area contributed by atoms with Crippen LogP contribution in [0.1, 0.15) is 12.5 Å². The number of carbonyl (C=O) groups is 2. The number of urea groups is 1. The molecule has 2 amide bonds. The first-order chi connectivity index (χ1) is 18.7. The summed E-state index contributed by atoms with van der Waals surface area (Å²) in [5.74, 6) is -7.28. The maximum absolute atomic E-state index is 13.5. The van der Waals surface area contributed by atoms with Crippen molar-refractivity contribution >= 4 is 17.7 Å². The number of aliphatic carboxylic acids is 1. The molecule has 0 spiro atoms. The molecule has 0 fully saturated rings. The van der Waals surface area contributed by atoms with E-state index in [0.717, 1.165) is 4.90 Å². The summed E-state index contributed by atoms with van der Waals surface area (Å²) in [6, 6.07) is 13.1. The maximum atomic E-state index is 13.5. The van der Waals surface area contributed by atoms with Crippen LogP contribution in [-0.2, 0) is 20.7 Å². The highest BCUT2D eigenvalue weighted by Crippen LogP contribution is 2.46. The third-order valence-electron chi connectivity index (χ3n) is 5.30. The van der Waals surface area contributed by atoms with Gasteiger partial charge in [-0.2, -0.15) is 30.7 Å². The number of nitrogens with zero attached hydrogens (tertiary/aromatic N) is 1. The Morgan fingerprint density at radius 2 is 1.52 bits per heavy atom. The Bertz CT molecular complexity index is 1090. The van der Waals surface area contributed by atoms with Crippen LogP contribution in [0.4, 0.5) is 41.2 Å². The number of halogens is 7. The quantitative estimate of drug-likeness (QED) is 0.271. The first-order valence-corrected chi connectivity index (χ1v) is 11.8. The van der Waals surface area contributed by atoms with E-state index in [4.69, 9.17) is 9.47 Å². The molecular weight excluding hydrogens is 557 g/mol. The van der Waals surface area contributed by atoms with Crippen molar-refractivity contribution in [1.29, 1.82) is 0 Å². The van der Waals surface area contributed by atoms with Gasteiger partial charge in [-0.15, -0.1) is 0 Å². The standard InChI is InChI=1S/C25H27F7N2O6/c1-2-38-20(21(35)36)16-17-8-10-19(11-9-17)39-14-12-34(22(37)33-18-6-4-3-5-7-18)13-15-40-25(31,32)23(26,27)24(28,29)30/h3-11,20H,2,12-16H2,1H3,(H,33,37)(H,35,36). The second-order valence-electron chi connectivity index (χ2n) is 8.20. The third-order valence-corrected chi connectivity index (χ3v) is 5.30. The molecule has 8 nitrogen and oxygen atoms in total. The van der Waals surface area contributed by atoms with Gasteiger partial charge in [-0.3, -0.25) is 0 Å². The van der Waals surface area contributed by atoms with Crippen LogP contribution in [-0.4, -0.2) is 79.2 Å². The second kappa shape index (κ2) is 14.2. The number of hydrogen-bond acceptors (Lipinski definition) is 5. The lowest BCUT2D eigenvalue weighted by Crippen LogP contribution is -2.54. The molecule has 2 aromatic rings. The summed E-state index contributed by atoms with van der Waals surface area (Å²) >= 11 is 0. The third kappa shape index (κ3) is 9.26. The zero-order valence-corrected chi connectivity index (χ0v) is 21.1. The molecule has 2 aromatic carbocycles. The monoisotopic (exact) mass is 584 g/mol. The Morgan fingerprint density at radius 3 is 2.08 bits per heavy atom. The van der Waals surface area contributed by atoms with Crippen LogP contribution in [0.2, 0.25) is 0 Å². The number of anilines is 1. The van der Waals surface area contributed by atoms with Crippen molar-refractivity contribution in [2.24, 2.45) is 0 Å². The molecule has 0 heterocycles. The minimum absolute atomic E-state index is 0.0922. The minimum Gasteiger partial charge on any atom is -0.492 e. The van der Waals surface area contributed by atoms with E-state index < -0.39 is 49.5 Å². The Morgan fingerprint density at radius 1 is 0.925 bits per heavy atom. The van der Waals surface area contributed by atoms with Crippen molar-refractivity contribution in [3.05, 3.63) is 60.2 Å². The van der Waals surface area contributed by atoms with Crippen LogP contribution in [0.5, 0.6) is 5.75 Å². The molecule has 0 radical (unpaired) electrons. The molecule has 0 aliphatic heterocycles. The highest BCUT2D eigenvalue weighted by molar-refractivity contribution is 5.89. The zero-order valence-electron chi connectivity index (χ0n) is 21.1. The number of nitrogens with one attached hydrogen (secondary N) is 1. The number of hydrogen-bond donors (Lipinski definition) is 2. The van der Waals surface area contributed by atoms with E-state index in [1.165, 1.54) is 24.3 Å². The lowest BCUT2D eigenvalue weighted by atomic mass is 10.1. The Balaban J connectivity index is 2.01. The summed E-state index contributed by atoms with van der Waals surface area (Å²) in [6.07, 6.45) is -13.4. The second-order valence-corrected chi connectivity index (χ2v) is 8.20. The van der Waals surface area contributed by atoms with Gasteiger partial charge < -0.3 is 29.5 Å². The fourth-order valence-electron chi connectivity index (χ4n) is 3.21. The van der Waals surface area contributed by atoms with Gasteiger partial charge in [0, 0.05) is 25.3 Å². The summed E-state index contributed by atoms with van der Waals surface area (Å²) in [7, 11) is 0. The fourth-order valence-corrected chi connectivity index (χ4v) is 3.21. The minimum atomic E-state index is -6.55. The number of carboxylic acids is 1. The van der Waals surface area contributed by atoms with Gasteiger partial charge in [-0.1, -0.05) is 30.3 Å². The summed E-state index contributed by atoms with van der Waals surface area (Å²) < 4.78 is 104. The lowest BCUT2D eigenvalue weighted by Gasteiger charge is -2.29. The topological polar surface area (TPSA) is 97.3 Å². The summed E-state index contributed by atoms with van der Waals surface area (Å²) in [6.45, 7) is -0.784. The van der Waals surface area contributed by atoms with Gasteiger partial charge in [-0.05, 0) is 36.8 Å². The van der Waals surface area contributed by atoms with Crippen molar-refractivity contribution in [1.82, 2.24) is 4.90 Å². The van der Waals surface area contributed by atoms with E-state index in [-0.39, 0.29) is 26.2 Å². The Labute approximate surface area is 224 Å². The van der Waals surface area contributed by atoms with E-state index >= 15 is 0 Å². The average Bonchev–Trinajstić information content (AvgIpc) is 2.88. The number of benzene rings is 2. The number of carbonyl (C=O) groups excluding carboxylic acids is 1. The molecule has 1 unspecified atom stereocenters. The molecule has 0 aliphatic rings. The van der Waals surface area contributed by atoms with Crippen LogP contribution in [0.25, 0.3) is 0 Å². The predicted molar refractivity (Wildman–Crippen MR) is 128 cm³/mol. The first-order valence-electron chi connectivity index (χ1n) is 11.8. The normalized spacial score (nSPS) is 13.0. The van der Waals surface area contributed by atoms with Crippen molar-refractivity contribution in [3.8, 4) is 5.75 Å². The number of rotatable bonds is 15. The van der Waals surface area contributed by atoms with E-state index in [9.17, 15) is 45.4 Å². The zero-order chi connectivity index (χ0) is 30.0. The highest BCUT2D eigenvalue weighted by atomic mass is 19.4. The average molecular weight is 584 g/mol. The molecular formula is C25H27F7N2O6. The Kier molecular flexibility index (Phi) is 11.5. The largest absolute Gasteiger partial charge is 0.492 e. The number of carboxylic acid groups (broad SMARTS) is 1. The molecule has 0 aromatic heterocycles. The highest BCUT2D eigenvalue weighted by Gasteiger charge is 2.74. The molecule has 15 heteroatoms. The van der Waals surface area contributed by atoms with Crippen LogP contribution < -0.4 is 10.1 Å². The van der Waals surface area contributed by atoms with Gasteiger partial charge in [-0.25, -0.2) is 9.59 Å². The van der Waals surface area contributed by atoms with Gasteiger partial charge in [0.15, 0.2) is 6.10 Å². The summed E-state index contributed by atoms with van der Waals surface area (Å²) in [5.41, 5.74) is 0.932. The van der Waals surface area contributed by atoms with Crippen molar-refractivity contribution in [2.45, 2.75) is 37.7 Å². The summed E-state index contributed by atoms with van der Waals surface area (Å²) in [5, 5.41) is 11.6. The predicted octanol–water partition coefficient (Wildman–Crippen LogP) is 5.44. The molecule has 222 valence electrons. The molecule has 0 aliphatic carbocycles. The molecule has 0 saturated carbocycles. The van der Waals surface area contributed by atoms with Gasteiger partial charge in [0.1, 0.15) is 12.4 Å². The summed E-state index contributed by atoms with van der Waals surface area (Å²) in [4.78, 5) is 24.7. The van der Waals surface area contributed by atoms with Gasteiger partial charge in [0.25, 0.3) is 0 Å². The lowest BCUT2D eigenvalue weighted by molar-refractivity contribution is -0.423. The van der Waals surface area contributed by atoms with Crippen LogP contribution in [0.3, 0.4) is 0 Å². The smallest absolute Gasteiger partial charge is 0.462 e. The van der Waals surface area contributed by atoms with Gasteiger partial charge in [0.05, 0.1) is 13.2 Å². The fraction of sp³-hybridized carbons (Fsp3) is 0.440. The van der Waals surface area contributed by atoms with Gasteiger partial charge >= 0.3 is 30.2 Å². The SMILES string of the molecule is CCOC(Cc1ccc(OCCN(CCOC(F)(F)C(F)(F)C(F)(F)F)C(=O)Nc2ccccc2)cc1)C(=O)O. The molecule has 1 atom stereocenters. The number of amides is 2. The molecule has 0 bridgehead atoms. The maximum Gasteiger partial charge on any atom is 0.462 e. The van der Waals surface area contributed by atoms with E-state index in [0.29, 0.717) is 17.0 Å². The van der Waals surface area contributed by atoms with Crippen LogP contribution >= 0.6 is 0 Å². The number of alkyl halides is 7. The Hall–Kier alpha value is -3.59. The molecule has 2 N–H and O–H groups in total. The molecule has 0 saturated heterocycles. The van der Waals surface area contributed by atoms with Gasteiger partial charge in [0.2, 0.25) is 0 Å². The van der Waals surface area contributed by atoms with E-state index in [2.05, 4.69) is 10.1 Å². The van der Waals surface area contributed by atoms with Crippen molar-refractivity contribution in [2.75, 3.05) is 38.2 Å². The van der Waals surface area contributed by atoms with Crippen LogP contribution in [0.15, 0.2) is 54.6 Å². The van der Waals surface area contributed by atoms with Crippen LogP contribution in [0, 0.1) is 0 Å².